The quantitative estimate of drug-likeness (QED) is 0.453. The second kappa shape index (κ2) is 9.08. The molecule has 0 saturated heterocycles. The predicted octanol–water partition coefficient (Wildman–Crippen LogP) is 5.77. The number of nitrogens with one attached hydrogen (secondary N) is 1. The molecule has 0 radical (unpaired) electrons. The highest BCUT2D eigenvalue weighted by Crippen LogP contribution is 2.46. The molecular weight excluding hydrogens is 450 g/mol. The molecule has 0 saturated carbocycles. The molecule has 2 atom stereocenters. The van der Waals surface area contributed by atoms with Crippen molar-refractivity contribution in [1.29, 1.82) is 0 Å². The lowest BCUT2D eigenvalue weighted by Gasteiger charge is -2.36. The van der Waals surface area contributed by atoms with Gasteiger partial charge in [0.1, 0.15) is 5.82 Å². The van der Waals surface area contributed by atoms with Crippen molar-refractivity contribution in [2.45, 2.75) is 44.7 Å². The van der Waals surface area contributed by atoms with Gasteiger partial charge >= 0.3 is 12.1 Å². The van der Waals surface area contributed by atoms with Crippen molar-refractivity contribution in [2.24, 2.45) is 0 Å². The van der Waals surface area contributed by atoms with Crippen LogP contribution in [0.3, 0.4) is 0 Å². The molecule has 2 aromatic rings. The molecule has 1 aliphatic heterocycles. The van der Waals surface area contributed by atoms with Crippen LogP contribution in [0, 0.1) is 5.82 Å². The van der Waals surface area contributed by atoms with E-state index < -0.39 is 23.6 Å². The van der Waals surface area contributed by atoms with Crippen LogP contribution in [-0.2, 0) is 20.5 Å². The maximum absolute atomic E-state index is 13.4. The smallest absolute Gasteiger partial charge is 0.416 e. The molecule has 34 heavy (non-hydrogen) atoms. The number of hydrogen-bond donors (Lipinski definition) is 1. The molecule has 0 unspecified atom stereocenters. The number of halogens is 4. The van der Waals surface area contributed by atoms with Crippen LogP contribution < -0.4 is 5.32 Å². The second-order valence-electron chi connectivity index (χ2n) is 8.41. The number of rotatable bonds is 4. The van der Waals surface area contributed by atoms with Crippen molar-refractivity contribution < 1.29 is 31.9 Å². The second-order valence-corrected chi connectivity index (χ2v) is 8.41. The normalized spacial score (nSPS) is 20.7. The van der Waals surface area contributed by atoms with Gasteiger partial charge in [-0.15, -0.1) is 0 Å². The Kier molecular flexibility index (Phi) is 6.34. The van der Waals surface area contributed by atoms with Crippen molar-refractivity contribution in [3.05, 3.63) is 93.6 Å². The minimum atomic E-state index is -4.58. The lowest BCUT2D eigenvalue weighted by atomic mass is 9.71. The summed E-state index contributed by atoms with van der Waals surface area (Å²) in [4.78, 5) is 26.3. The molecule has 0 bridgehead atoms. The third kappa shape index (κ3) is 4.49. The highest BCUT2D eigenvalue weighted by atomic mass is 19.4. The SMILES string of the molecule is CCOC(=O)C1=C(C)NC2=C(C(=O)C[C@@H](c3ccc(F)cc3)C2)[C@H]1c1cccc(C(F)(F)F)c1. The lowest BCUT2D eigenvalue weighted by Crippen LogP contribution is -2.36. The van der Waals surface area contributed by atoms with E-state index in [0.29, 0.717) is 17.8 Å². The monoisotopic (exact) mass is 473 g/mol. The van der Waals surface area contributed by atoms with Gasteiger partial charge in [-0.2, -0.15) is 13.2 Å². The molecule has 0 aromatic heterocycles. The van der Waals surface area contributed by atoms with Crippen molar-refractivity contribution in [2.75, 3.05) is 6.61 Å². The van der Waals surface area contributed by atoms with Crippen LogP contribution in [0.15, 0.2) is 71.1 Å². The van der Waals surface area contributed by atoms with E-state index >= 15 is 0 Å². The van der Waals surface area contributed by atoms with E-state index in [0.717, 1.165) is 17.7 Å². The van der Waals surface area contributed by atoms with Gasteiger partial charge in [-0.3, -0.25) is 4.79 Å². The van der Waals surface area contributed by atoms with Gasteiger partial charge in [-0.1, -0.05) is 30.3 Å². The standard InChI is InChI=1S/C26H23F4NO3/c1-3-34-25(33)22-14(2)31-20-12-17(15-7-9-19(27)10-8-15)13-21(32)24(20)23(22)16-5-4-6-18(11-16)26(28,29)30/h4-11,17,23,31H,3,12-13H2,1-2H3/t17-,23-/m0/s1. The topological polar surface area (TPSA) is 55.4 Å². The predicted molar refractivity (Wildman–Crippen MR) is 117 cm³/mol. The van der Waals surface area contributed by atoms with Gasteiger partial charge in [0, 0.05) is 29.3 Å². The van der Waals surface area contributed by atoms with Crippen LogP contribution in [0.2, 0.25) is 0 Å². The molecule has 4 nitrogen and oxygen atoms in total. The van der Waals surface area contributed by atoms with Crippen LogP contribution >= 0.6 is 0 Å². The van der Waals surface area contributed by atoms with Gasteiger partial charge in [0.25, 0.3) is 0 Å². The summed E-state index contributed by atoms with van der Waals surface area (Å²) in [6.45, 7) is 3.35. The Hall–Kier alpha value is -3.42. The minimum absolute atomic E-state index is 0.0808. The molecule has 178 valence electrons. The average molecular weight is 473 g/mol. The first-order valence-corrected chi connectivity index (χ1v) is 10.9. The highest BCUT2D eigenvalue weighted by molar-refractivity contribution is 6.04. The van der Waals surface area contributed by atoms with Crippen molar-refractivity contribution in [3.63, 3.8) is 0 Å². The van der Waals surface area contributed by atoms with Gasteiger partial charge in [0.15, 0.2) is 5.78 Å². The molecule has 2 aromatic carbocycles. The fourth-order valence-corrected chi connectivity index (χ4v) is 4.72. The number of alkyl halides is 3. The Balaban J connectivity index is 1.82. The Bertz CT molecular complexity index is 1200. The molecule has 1 heterocycles. The van der Waals surface area contributed by atoms with Gasteiger partial charge in [-0.25, -0.2) is 9.18 Å². The zero-order valence-electron chi connectivity index (χ0n) is 18.6. The summed E-state index contributed by atoms with van der Waals surface area (Å²) in [5.74, 6) is -2.56. The largest absolute Gasteiger partial charge is 0.463 e. The van der Waals surface area contributed by atoms with Crippen molar-refractivity contribution in [1.82, 2.24) is 5.32 Å². The van der Waals surface area contributed by atoms with Crippen molar-refractivity contribution in [3.8, 4) is 0 Å². The number of benzene rings is 2. The number of carbonyl (C=O) groups excluding carboxylic acids is 2. The zero-order valence-corrected chi connectivity index (χ0v) is 18.6. The van der Waals surface area contributed by atoms with E-state index in [1.54, 1.807) is 26.0 Å². The molecule has 2 aliphatic rings. The maximum Gasteiger partial charge on any atom is 0.416 e. The molecule has 1 aliphatic carbocycles. The third-order valence-electron chi connectivity index (χ3n) is 6.21. The first-order valence-electron chi connectivity index (χ1n) is 10.9. The summed E-state index contributed by atoms with van der Waals surface area (Å²) in [6, 6.07) is 10.6. The van der Waals surface area contributed by atoms with E-state index in [-0.39, 0.29) is 47.3 Å². The first-order chi connectivity index (χ1) is 16.1. The molecular formula is C26H23F4NO3. The summed E-state index contributed by atoms with van der Waals surface area (Å²) in [5.41, 5.74) is 1.49. The molecule has 0 amide bonds. The zero-order chi connectivity index (χ0) is 24.6. The number of carbonyl (C=O) groups is 2. The van der Waals surface area contributed by atoms with Gasteiger partial charge in [0.2, 0.25) is 0 Å². The molecule has 0 fully saturated rings. The van der Waals surface area contributed by atoms with Gasteiger partial charge in [-0.05, 0) is 55.5 Å². The Morgan fingerprint density at radius 2 is 1.79 bits per heavy atom. The van der Waals surface area contributed by atoms with Gasteiger partial charge in [0.05, 0.1) is 17.7 Å². The Labute approximate surface area is 194 Å². The molecule has 1 N–H and O–H groups in total. The summed E-state index contributed by atoms with van der Waals surface area (Å²) in [7, 11) is 0. The van der Waals surface area contributed by atoms with Crippen LogP contribution in [0.25, 0.3) is 0 Å². The molecule has 0 spiro atoms. The van der Waals surface area contributed by atoms with E-state index in [1.807, 2.05) is 0 Å². The number of dihydropyridines is 1. The van der Waals surface area contributed by atoms with E-state index in [1.165, 1.54) is 24.3 Å². The van der Waals surface area contributed by atoms with E-state index in [4.69, 9.17) is 4.74 Å². The van der Waals surface area contributed by atoms with Crippen LogP contribution in [-0.4, -0.2) is 18.4 Å². The number of ether oxygens (including phenoxy) is 1. The number of hydrogen-bond acceptors (Lipinski definition) is 4. The number of ketones is 1. The van der Waals surface area contributed by atoms with Gasteiger partial charge < -0.3 is 10.1 Å². The third-order valence-corrected chi connectivity index (χ3v) is 6.21. The minimum Gasteiger partial charge on any atom is -0.463 e. The number of Topliss-reactive ketones (excluding diaryl/α,β-unsaturated/α-hetero) is 1. The van der Waals surface area contributed by atoms with Crippen LogP contribution in [0.4, 0.5) is 17.6 Å². The van der Waals surface area contributed by atoms with Crippen LogP contribution in [0.5, 0.6) is 0 Å². The highest BCUT2D eigenvalue weighted by Gasteiger charge is 2.42. The maximum atomic E-state index is 13.4. The molecule has 8 heteroatoms. The average Bonchev–Trinajstić information content (AvgIpc) is 2.78. The van der Waals surface area contributed by atoms with E-state index in [9.17, 15) is 27.2 Å². The summed E-state index contributed by atoms with van der Waals surface area (Å²) in [5, 5.41) is 3.14. The lowest BCUT2D eigenvalue weighted by molar-refractivity contribution is -0.139. The molecule has 4 rings (SSSR count). The number of allylic oxidation sites excluding steroid dienone is 3. The first kappa shape index (κ1) is 23.7. The van der Waals surface area contributed by atoms with Crippen LogP contribution in [0.1, 0.15) is 55.2 Å². The summed E-state index contributed by atoms with van der Waals surface area (Å²) >= 11 is 0. The van der Waals surface area contributed by atoms with E-state index in [2.05, 4.69) is 5.32 Å². The number of esters is 1. The Morgan fingerprint density at radius 3 is 2.44 bits per heavy atom. The summed E-state index contributed by atoms with van der Waals surface area (Å²) < 4.78 is 58.9. The Morgan fingerprint density at radius 1 is 1.09 bits per heavy atom. The fraction of sp³-hybridized carbons (Fsp3) is 0.308. The fourth-order valence-electron chi connectivity index (χ4n) is 4.72. The summed E-state index contributed by atoms with van der Waals surface area (Å²) in [6.07, 6.45) is -4.08. The van der Waals surface area contributed by atoms with Crippen molar-refractivity contribution >= 4 is 11.8 Å².